The minimum Gasteiger partial charge on any atom is -0.456 e. The SMILES string of the molecule is CNc1ccc(CC(NC(=O)OC(C)(C)C)C(=O)Nc2ccc(C(=O)OC(C)(C)C)cc2)cc1. The fourth-order valence-corrected chi connectivity index (χ4v) is 2.96. The van der Waals surface area contributed by atoms with Gasteiger partial charge in [0, 0.05) is 24.8 Å². The van der Waals surface area contributed by atoms with Gasteiger partial charge >= 0.3 is 12.1 Å². The summed E-state index contributed by atoms with van der Waals surface area (Å²) in [7, 11) is 1.82. The van der Waals surface area contributed by atoms with E-state index in [0.717, 1.165) is 11.3 Å². The Morgan fingerprint density at radius 3 is 1.82 bits per heavy atom. The third kappa shape index (κ3) is 9.13. The molecule has 8 heteroatoms. The molecule has 34 heavy (non-hydrogen) atoms. The van der Waals surface area contributed by atoms with Crippen molar-refractivity contribution in [3.05, 3.63) is 59.7 Å². The van der Waals surface area contributed by atoms with E-state index >= 15 is 0 Å². The van der Waals surface area contributed by atoms with E-state index in [1.807, 2.05) is 31.3 Å². The highest BCUT2D eigenvalue weighted by Gasteiger charge is 2.25. The maximum absolute atomic E-state index is 13.1. The molecule has 0 aliphatic carbocycles. The van der Waals surface area contributed by atoms with Gasteiger partial charge in [0.25, 0.3) is 0 Å². The van der Waals surface area contributed by atoms with Gasteiger partial charge in [0.15, 0.2) is 0 Å². The first kappa shape index (κ1) is 26.7. The van der Waals surface area contributed by atoms with E-state index in [2.05, 4.69) is 16.0 Å². The fraction of sp³-hybridized carbons (Fsp3) is 0.423. The highest BCUT2D eigenvalue weighted by molar-refractivity contribution is 5.97. The van der Waals surface area contributed by atoms with Crippen LogP contribution in [0.1, 0.15) is 57.5 Å². The lowest BCUT2D eigenvalue weighted by Crippen LogP contribution is -2.47. The van der Waals surface area contributed by atoms with Crippen LogP contribution in [-0.4, -0.2) is 42.3 Å². The maximum atomic E-state index is 13.1. The zero-order valence-electron chi connectivity index (χ0n) is 20.9. The Hall–Kier alpha value is -3.55. The predicted octanol–water partition coefficient (Wildman–Crippen LogP) is 4.76. The van der Waals surface area contributed by atoms with Gasteiger partial charge in [0.2, 0.25) is 5.91 Å². The van der Waals surface area contributed by atoms with Gasteiger partial charge < -0.3 is 25.4 Å². The van der Waals surface area contributed by atoms with Crippen LogP contribution in [0.15, 0.2) is 48.5 Å². The standard InChI is InChI=1S/C26H35N3O5/c1-25(2,3)33-23(31)18-10-14-20(15-11-18)28-22(30)21(29-24(32)34-26(4,5)6)16-17-8-12-19(27-7)13-9-17/h8-15,21,27H,16H2,1-7H3,(H,28,30)(H,29,32). The summed E-state index contributed by atoms with van der Waals surface area (Å²) in [6.45, 7) is 10.6. The molecule has 0 spiro atoms. The Balaban J connectivity index is 2.14. The minimum absolute atomic E-state index is 0.269. The third-order valence-electron chi connectivity index (χ3n) is 4.48. The first-order chi connectivity index (χ1) is 15.8. The molecule has 0 bridgehead atoms. The van der Waals surface area contributed by atoms with Gasteiger partial charge in [0.05, 0.1) is 5.56 Å². The molecule has 0 aromatic heterocycles. The summed E-state index contributed by atoms with van der Waals surface area (Å²) < 4.78 is 10.7. The van der Waals surface area contributed by atoms with Crippen molar-refractivity contribution in [1.82, 2.24) is 5.32 Å². The average Bonchev–Trinajstić information content (AvgIpc) is 2.71. The summed E-state index contributed by atoms with van der Waals surface area (Å²) >= 11 is 0. The second kappa shape index (κ2) is 11.0. The molecular formula is C26H35N3O5. The molecule has 0 heterocycles. The van der Waals surface area contributed by atoms with Crippen LogP contribution in [-0.2, 0) is 20.7 Å². The first-order valence-electron chi connectivity index (χ1n) is 11.2. The molecule has 3 N–H and O–H groups in total. The van der Waals surface area contributed by atoms with Gasteiger partial charge in [0.1, 0.15) is 17.2 Å². The molecule has 0 saturated heterocycles. The molecule has 184 valence electrons. The summed E-state index contributed by atoms with van der Waals surface area (Å²) in [5.41, 5.74) is 1.37. The van der Waals surface area contributed by atoms with Crippen molar-refractivity contribution >= 4 is 29.3 Å². The largest absolute Gasteiger partial charge is 0.456 e. The number of ether oxygens (including phenoxy) is 2. The number of amides is 2. The Morgan fingerprint density at radius 1 is 0.794 bits per heavy atom. The number of carbonyl (C=O) groups excluding carboxylic acids is 3. The van der Waals surface area contributed by atoms with Crippen molar-refractivity contribution in [2.45, 2.75) is 65.2 Å². The normalized spacial score (nSPS) is 12.3. The number of carbonyl (C=O) groups is 3. The number of nitrogens with one attached hydrogen (secondary N) is 3. The van der Waals surface area contributed by atoms with Gasteiger partial charge in [-0.25, -0.2) is 9.59 Å². The van der Waals surface area contributed by atoms with E-state index in [4.69, 9.17) is 9.47 Å². The van der Waals surface area contributed by atoms with Crippen LogP contribution in [0, 0.1) is 0 Å². The summed E-state index contributed by atoms with van der Waals surface area (Å²) in [6, 6.07) is 13.1. The zero-order chi connectivity index (χ0) is 25.5. The topological polar surface area (TPSA) is 106 Å². The average molecular weight is 470 g/mol. The third-order valence-corrected chi connectivity index (χ3v) is 4.48. The highest BCUT2D eigenvalue weighted by atomic mass is 16.6. The Labute approximate surface area is 201 Å². The molecule has 0 aliphatic rings. The molecule has 2 aromatic carbocycles. The molecule has 0 radical (unpaired) electrons. The van der Waals surface area contributed by atoms with Crippen molar-refractivity contribution in [3.8, 4) is 0 Å². The van der Waals surface area contributed by atoms with Gasteiger partial charge in [-0.1, -0.05) is 12.1 Å². The number of esters is 1. The molecule has 2 amide bonds. The van der Waals surface area contributed by atoms with Crippen molar-refractivity contribution < 1.29 is 23.9 Å². The number of alkyl carbamates (subject to hydrolysis) is 1. The predicted molar refractivity (Wildman–Crippen MR) is 133 cm³/mol. The van der Waals surface area contributed by atoms with Crippen molar-refractivity contribution in [2.24, 2.45) is 0 Å². The summed E-state index contributed by atoms with van der Waals surface area (Å²) in [6.07, 6.45) is -0.412. The van der Waals surface area contributed by atoms with E-state index < -0.39 is 35.2 Å². The van der Waals surface area contributed by atoms with E-state index in [0.29, 0.717) is 11.3 Å². The molecule has 2 rings (SSSR count). The molecular weight excluding hydrogens is 434 g/mol. The molecule has 0 aliphatic heterocycles. The molecule has 0 fully saturated rings. The van der Waals surface area contributed by atoms with Crippen LogP contribution in [0.25, 0.3) is 0 Å². The minimum atomic E-state index is -0.874. The lowest BCUT2D eigenvalue weighted by Gasteiger charge is -2.23. The van der Waals surface area contributed by atoms with E-state index in [1.54, 1.807) is 65.8 Å². The Morgan fingerprint density at radius 2 is 1.32 bits per heavy atom. The van der Waals surface area contributed by atoms with Crippen LogP contribution < -0.4 is 16.0 Å². The maximum Gasteiger partial charge on any atom is 0.408 e. The number of hydrogen-bond donors (Lipinski definition) is 3. The van der Waals surface area contributed by atoms with Gasteiger partial charge in [-0.15, -0.1) is 0 Å². The van der Waals surface area contributed by atoms with E-state index in [1.165, 1.54) is 0 Å². The first-order valence-corrected chi connectivity index (χ1v) is 11.2. The van der Waals surface area contributed by atoms with Crippen LogP contribution in [0.5, 0.6) is 0 Å². The molecule has 0 saturated carbocycles. The van der Waals surface area contributed by atoms with Gasteiger partial charge in [-0.2, -0.15) is 0 Å². The summed E-state index contributed by atoms with van der Waals surface area (Å²) in [5.74, 6) is -0.853. The number of benzene rings is 2. The smallest absolute Gasteiger partial charge is 0.408 e. The van der Waals surface area contributed by atoms with Crippen LogP contribution >= 0.6 is 0 Å². The van der Waals surface area contributed by atoms with Crippen molar-refractivity contribution in [3.63, 3.8) is 0 Å². The lowest BCUT2D eigenvalue weighted by molar-refractivity contribution is -0.118. The number of hydrogen-bond acceptors (Lipinski definition) is 6. The van der Waals surface area contributed by atoms with Crippen LogP contribution in [0.2, 0.25) is 0 Å². The zero-order valence-corrected chi connectivity index (χ0v) is 20.9. The molecule has 2 aromatic rings. The van der Waals surface area contributed by atoms with Crippen molar-refractivity contribution in [1.29, 1.82) is 0 Å². The molecule has 8 nitrogen and oxygen atoms in total. The fourth-order valence-electron chi connectivity index (χ4n) is 2.96. The molecule has 1 atom stereocenters. The lowest BCUT2D eigenvalue weighted by atomic mass is 10.0. The van der Waals surface area contributed by atoms with Gasteiger partial charge in [-0.3, -0.25) is 4.79 Å². The quantitative estimate of drug-likeness (QED) is 0.505. The Bertz CT molecular complexity index is 987. The second-order valence-corrected chi connectivity index (χ2v) is 9.92. The number of rotatable bonds is 7. The van der Waals surface area contributed by atoms with Gasteiger partial charge in [-0.05, 0) is 83.5 Å². The van der Waals surface area contributed by atoms with Crippen LogP contribution in [0.4, 0.5) is 16.2 Å². The highest BCUT2D eigenvalue weighted by Crippen LogP contribution is 2.16. The summed E-state index contributed by atoms with van der Waals surface area (Å²) in [4.78, 5) is 37.6. The van der Waals surface area contributed by atoms with Crippen molar-refractivity contribution in [2.75, 3.05) is 17.7 Å². The van der Waals surface area contributed by atoms with E-state index in [-0.39, 0.29) is 6.42 Å². The molecule has 1 unspecified atom stereocenters. The monoisotopic (exact) mass is 469 g/mol. The van der Waals surface area contributed by atoms with E-state index in [9.17, 15) is 14.4 Å². The Kier molecular flexibility index (Phi) is 8.68. The summed E-state index contributed by atoms with van der Waals surface area (Å²) in [5, 5.41) is 8.50. The second-order valence-electron chi connectivity index (χ2n) is 9.92. The number of anilines is 2. The van der Waals surface area contributed by atoms with Crippen LogP contribution in [0.3, 0.4) is 0 Å².